The molecule has 1 aromatic carbocycles. The van der Waals surface area contributed by atoms with Gasteiger partial charge in [0.2, 0.25) is 0 Å². The van der Waals surface area contributed by atoms with Crippen molar-refractivity contribution >= 4 is 16.9 Å². The molecule has 0 amide bonds. The molecule has 0 saturated carbocycles. The zero-order chi connectivity index (χ0) is 13.9. The Bertz CT molecular complexity index is 601. The van der Waals surface area contributed by atoms with E-state index in [2.05, 4.69) is 15.2 Å². The highest BCUT2D eigenvalue weighted by molar-refractivity contribution is 5.77. The molecule has 1 fully saturated rings. The lowest BCUT2D eigenvalue weighted by atomic mass is 10.1. The van der Waals surface area contributed by atoms with Crippen molar-refractivity contribution in [1.29, 1.82) is 0 Å². The molecule has 1 N–H and O–H groups in total. The topological polar surface area (TPSA) is 50.3 Å². The number of likely N-dealkylation sites (N-methyl/N-ethyl adjacent to an activating group) is 1. The van der Waals surface area contributed by atoms with Gasteiger partial charge in [-0.3, -0.25) is 0 Å². The van der Waals surface area contributed by atoms with Crippen LogP contribution in [0, 0.1) is 0 Å². The fraction of sp³-hybridized carbons (Fsp3) is 0.467. The monoisotopic (exact) mass is 272 g/mol. The minimum absolute atomic E-state index is 0.502. The molecule has 106 valence electrons. The number of hydrogen-bond donors (Lipinski definition) is 1. The second kappa shape index (κ2) is 5.63. The average molecular weight is 272 g/mol. The van der Waals surface area contributed by atoms with Crippen LogP contribution in [0.4, 0.5) is 5.82 Å². The maximum absolute atomic E-state index is 5.44. The smallest absolute Gasteiger partial charge is 0.257 e. The van der Waals surface area contributed by atoms with Crippen molar-refractivity contribution in [2.24, 2.45) is 0 Å². The molecule has 5 nitrogen and oxygen atoms in total. The van der Waals surface area contributed by atoms with Gasteiger partial charge in [0.15, 0.2) is 5.82 Å². The van der Waals surface area contributed by atoms with E-state index < -0.39 is 0 Å². The van der Waals surface area contributed by atoms with Gasteiger partial charge in [-0.25, -0.2) is 9.97 Å². The summed E-state index contributed by atoms with van der Waals surface area (Å²) in [5.41, 5.74) is 1.78. The number of rotatable bonds is 3. The molecule has 0 radical (unpaired) electrons. The van der Waals surface area contributed by atoms with Crippen LogP contribution in [0.3, 0.4) is 0 Å². The summed E-state index contributed by atoms with van der Waals surface area (Å²) in [6, 6.07) is 8.40. The van der Waals surface area contributed by atoms with E-state index in [9.17, 15) is 0 Å². The molecule has 1 aromatic heterocycles. The summed E-state index contributed by atoms with van der Waals surface area (Å²) >= 11 is 0. The zero-order valence-electron chi connectivity index (χ0n) is 12.0. The Hall–Kier alpha value is -1.88. The van der Waals surface area contributed by atoms with Crippen LogP contribution >= 0.6 is 0 Å². The van der Waals surface area contributed by atoms with Crippen LogP contribution in [-0.2, 0) is 0 Å². The summed E-state index contributed by atoms with van der Waals surface area (Å²) in [5, 5.41) is 3.35. The predicted octanol–water partition coefficient (Wildman–Crippen LogP) is 1.83. The van der Waals surface area contributed by atoms with Gasteiger partial charge in [-0.1, -0.05) is 12.1 Å². The van der Waals surface area contributed by atoms with Gasteiger partial charge in [0, 0.05) is 19.1 Å². The highest BCUT2D eigenvalue weighted by Crippen LogP contribution is 2.28. The first-order valence-electron chi connectivity index (χ1n) is 7.05. The van der Waals surface area contributed by atoms with Crippen molar-refractivity contribution in [2.45, 2.75) is 18.9 Å². The minimum atomic E-state index is 0.502. The van der Waals surface area contributed by atoms with Crippen LogP contribution in [0.25, 0.3) is 11.0 Å². The van der Waals surface area contributed by atoms with E-state index in [1.54, 1.807) is 7.11 Å². The van der Waals surface area contributed by atoms with Crippen LogP contribution in [-0.4, -0.2) is 43.3 Å². The second-order valence-electron chi connectivity index (χ2n) is 5.12. The largest absolute Gasteiger partial charge is 0.478 e. The Morgan fingerprint density at radius 3 is 2.70 bits per heavy atom. The fourth-order valence-corrected chi connectivity index (χ4v) is 2.72. The fourth-order valence-electron chi connectivity index (χ4n) is 2.72. The van der Waals surface area contributed by atoms with Gasteiger partial charge in [-0.2, -0.15) is 0 Å². The number of para-hydroxylation sites is 2. The molecule has 1 aliphatic heterocycles. The summed E-state index contributed by atoms with van der Waals surface area (Å²) in [6.07, 6.45) is 2.36. The van der Waals surface area contributed by atoms with Crippen molar-refractivity contribution in [3.63, 3.8) is 0 Å². The van der Waals surface area contributed by atoms with Crippen molar-refractivity contribution in [1.82, 2.24) is 15.3 Å². The van der Waals surface area contributed by atoms with Crippen molar-refractivity contribution in [3.8, 4) is 5.88 Å². The van der Waals surface area contributed by atoms with Crippen LogP contribution in [0.2, 0.25) is 0 Å². The number of hydrogen-bond acceptors (Lipinski definition) is 5. The normalized spacial score (nSPS) is 19.3. The Morgan fingerprint density at radius 1 is 1.25 bits per heavy atom. The summed E-state index contributed by atoms with van der Waals surface area (Å²) in [6.45, 7) is 1.95. The number of nitrogens with zero attached hydrogens (tertiary/aromatic N) is 3. The molecule has 0 spiro atoms. The number of methoxy groups -OCH3 is 1. The highest BCUT2D eigenvalue weighted by Gasteiger charge is 2.23. The summed E-state index contributed by atoms with van der Waals surface area (Å²) in [7, 11) is 3.67. The van der Waals surface area contributed by atoms with Gasteiger partial charge < -0.3 is 15.0 Å². The standard InChI is InChI=1S/C15H20N4O/c1-16-11-6-5-9-19(10-11)14-15(20-2)18-13-8-4-3-7-12(13)17-14/h3-4,7-8,11,16H,5-6,9-10H2,1-2H3/t11-/m0/s1. The van der Waals surface area contributed by atoms with Gasteiger partial charge in [0.1, 0.15) is 0 Å². The van der Waals surface area contributed by atoms with Gasteiger partial charge in [0.25, 0.3) is 5.88 Å². The van der Waals surface area contributed by atoms with E-state index in [1.165, 1.54) is 6.42 Å². The second-order valence-corrected chi connectivity index (χ2v) is 5.12. The molecule has 20 heavy (non-hydrogen) atoms. The molecule has 1 aliphatic rings. The van der Waals surface area contributed by atoms with E-state index in [1.807, 2.05) is 31.3 Å². The Balaban J connectivity index is 2.00. The number of fused-ring (bicyclic) bond motifs is 1. The van der Waals surface area contributed by atoms with E-state index >= 15 is 0 Å². The predicted molar refractivity (Wildman–Crippen MR) is 80.4 cm³/mol. The first kappa shape index (κ1) is 13.1. The molecule has 0 bridgehead atoms. The third-order valence-electron chi connectivity index (χ3n) is 3.84. The molecular weight excluding hydrogens is 252 g/mol. The lowest BCUT2D eigenvalue weighted by Gasteiger charge is -2.33. The number of piperidine rings is 1. The molecule has 1 saturated heterocycles. The third kappa shape index (κ3) is 2.41. The maximum atomic E-state index is 5.44. The van der Waals surface area contributed by atoms with Crippen LogP contribution < -0.4 is 15.0 Å². The van der Waals surface area contributed by atoms with Crippen molar-refractivity contribution in [2.75, 3.05) is 32.1 Å². The number of benzene rings is 1. The minimum Gasteiger partial charge on any atom is -0.478 e. The quantitative estimate of drug-likeness (QED) is 0.923. The summed E-state index contributed by atoms with van der Waals surface area (Å²) < 4.78 is 5.44. The highest BCUT2D eigenvalue weighted by atomic mass is 16.5. The summed E-state index contributed by atoms with van der Waals surface area (Å²) in [4.78, 5) is 11.6. The van der Waals surface area contributed by atoms with Crippen LogP contribution in [0.1, 0.15) is 12.8 Å². The molecule has 2 heterocycles. The Kier molecular flexibility index (Phi) is 3.69. The Labute approximate surface area is 119 Å². The average Bonchev–Trinajstić information content (AvgIpc) is 2.53. The molecule has 1 atom stereocenters. The lowest BCUT2D eigenvalue weighted by Crippen LogP contribution is -2.44. The van der Waals surface area contributed by atoms with Crippen LogP contribution in [0.15, 0.2) is 24.3 Å². The van der Waals surface area contributed by atoms with Gasteiger partial charge >= 0.3 is 0 Å². The van der Waals surface area contributed by atoms with Crippen molar-refractivity contribution < 1.29 is 4.74 Å². The first-order valence-corrected chi connectivity index (χ1v) is 7.05. The van der Waals surface area contributed by atoms with Gasteiger partial charge in [0.05, 0.1) is 18.1 Å². The van der Waals surface area contributed by atoms with E-state index in [-0.39, 0.29) is 0 Å². The number of anilines is 1. The third-order valence-corrected chi connectivity index (χ3v) is 3.84. The lowest BCUT2D eigenvalue weighted by molar-refractivity contribution is 0.390. The SMILES string of the molecule is CN[C@H]1CCCN(c2nc3ccccc3nc2OC)C1. The Morgan fingerprint density at radius 2 is 2.00 bits per heavy atom. The molecule has 5 heteroatoms. The van der Waals surface area contributed by atoms with E-state index in [0.29, 0.717) is 11.9 Å². The zero-order valence-corrected chi connectivity index (χ0v) is 12.0. The number of aromatic nitrogens is 2. The van der Waals surface area contributed by atoms with E-state index in [0.717, 1.165) is 36.4 Å². The first-order chi connectivity index (χ1) is 9.81. The molecule has 0 aliphatic carbocycles. The summed E-state index contributed by atoms with van der Waals surface area (Å²) in [5.74, 6) is 1.46. The molecule has 3 rings (SSSR count). The molecular formula is C15H20N4O. The van der Waals surface area contributed by atoms with Crippen LogP contribution in [0.5, 0.6) is 5.88 Å². The molecule has 2 aromatic rings. The molecule has 0 unspecified atom stereocenters. The van der Waals surface area contributed by atoms with Gasteiger partial charge in [-0.15, -0.1) is 0 Å². The van der Waals surface area contributed by atoms with Gasteiger partial charge in [-0.05, 0) is 32.0 Å². The number of ether oxygens (including phenoxy) is 1. The number of nitrogens with one attached hydrogen (secondary N) is 1. The van der Waals surface area contributed by atoms with Crippen molar-refractivity contribution in [3.05, 3.63) is 24.3 Å². The van der Waals surface area contributed by atoms with E-state index in [4.69, 9.17) is 9.72 Å². The maximum Gasteiger partial charge on any atom is 0.257 e.